The van der Waals surface area contributed by atoms with Crippen molar-refractivity contribution in [1.82, 2.24) is 10.3 Å². The van der Waals surface area contributed by atoms with Gasteiger partial charge in [-0.25, -0.2) is 9.37 Å². The second-order valence-corrected chi connectivity index (χ2v) is 3.06. The Morgan fingerprint density at radius 2 is 2.23 bits per heavy atom. The predicted molar refractivity (Wildman–Crippen MR) is 51.3 cm³/mol. The van der Waals surface area contributed by atoms with Crippen LogP contribution in [0.3, 0.4) is 0 Å². The van der Waals surface area contributed by atoms with E-state index in [1.54, 1.807) is 0 Å². The van der Waals surface area contributed by atoms with Crippen molar-refractivity contribution in [3.05, 3.63) is 23.6 Å². The third kappa shape index (κ3) is 2.39. The lowest BCUT2D eigenvalue weighted by molar-refractivity contribution is 0.616. The Balaban J connectivity index is 3.03. The third-order valence-electron chi connectivity index (χ3n) is 1.70. The summed E-state index contributed by atoms with van der Waals surface area (Å²) in [6.45, 7) is 0.623. The minimum Gasteiger partial charge on any atom is -0.362 e. The fourth-order valence-corrected chi connectivity index (χ4v) is 1.20. The van der Waals surface area contributed by atoms with E-state index >= 15 is 0 Å². The van der Waals surface area contributed by atoms with E-state index in [0.717, 1.165) is 11.4 Å². The van der Waals surface area contributed by atoms with Crippen LogP contribution in [-0.4, -0.2) is 26.1 Å². The minimum absolute atomic E-state index is 0.296. The van der Waals surface area contributed by atoms with E-state index in [-0.39, 0.29) is 5.82 Å². The molecule has 0 radical (unpaired) electrons. The summed E-state index contributed by atoms with van der Waals surface area (Å²) in [5.74, 6) is 0.506. The van der Waals surface area contributed by atoms with Gasteiger partial charge in [-0.1, -0.05) is 0 Å². The van der Waals surface area contributed by atoms with Crippen LogP contribution < -0.4 is 10.2 Å². The van der Waals surface area contributed by atoms with Crippen molar-refractivity contribution in [2.24, 2.45) is 0 Å². The number of nitrogens with one attached hydrogen (secondary N) is 1. The highest BCUT2D eigenvalue weighted by molar-refractivity contribution is 5.45. The molecule has 3 nitrogen and oxygen atoms in total. The maximum absolute atomic E-state index is 12.8. The molecule has 0 aliphatic heterocycles. The van der Waals surface area contributed by atoms with Gasteiger partial charge in [0.15, 0.2) is 0 Å². The van der Waals surface area contributed by atoms with Crippen molar-refractivity contribution in [2.45, 2.75) is 6.54 Å². The van der Waals surface area contributed by atoms with E-state index in [4.69, 9.17) is 0 Å². The Kier molecular flexibility index (Phi) is 3.19. The van der Waals surface area contributed by atoms with Gasteiger partial charge in [0.1, 0.15) is 11.6 Å². The van der Waals surface area contributed by atoms with Crippen LogP contribution in [0.5, 0.6) is 0 Å². The maximum atomic E-state index is 12.8. The number of nitrogens with zero attached hydrogens (tertiary/aromatic N) is 2. The molecule has 1 rings (SSSR count). The minimum atomic E-state index is -0.296. The van der Waals surface area contributed by atoms with Gasteiger partial charge < -0.3 is 10.2 Å². The monoisotopic (exact) mass is 183 g/mol. The number of halogens is 1. The standard InChI is InChI=1S/C9H14FN3/c1-11-5-7-4-8(10)6-12-9(7)13(2)3/h4,6,11H,5H2,1-3H3. The highest BCUT2D eigenvalue weighted by atomic mass is 19.1. The van der Waals surface area contributed by atoms with Crippen LogP contribution in [-0.2, 0) is 6.54 Å². The van der Waals surface area contributed by atoms with E-state index in [1.807, 2.05) is 26.0 Å². The first-order valence-electron chi connectivity index (χ1n) is 4.11. The predicted octanol–water partition coefficient (Wildman–Crippen LogP) is 1.01. The van der Waals surface area contributed by atoms with Gasteiger partial charge in [0.05, 0.1) is 6.20 Å². The molecule has 1 heterocycles. The van der Waals surface area contributed by atoms with Gasteiger partial charge in [-0.2, -0.15) is 0 Å². The van der Waals surface area contributed by atoms with Crippen LogP contribution in [0.15, 0.2) is 12.3 Å². The lowest BCUT2D eigenvalue weighted by atomic mass is 10.2. The number of rotatable bonds is 3. The second kappa shape index (κ2) is 4.18. The largest absolute Gasteiger partial charge is 0.362 e. The van der Waals surface area contributed by atoms with E-state index in [2.05, 4.69) is 10.3 Å². The maximum Gasteiger partial charge on any atom is 0.141 e. The highest BCUT2D eigenvalue weighted by Gasteiger charge is 2.06. The summed E-state index contributed by atoms with van der Waals surface area (Å²) >= 11 is 0. The van der Waals surface area contributed by atoms with Gasteiger partial charge in [0.2, 0.25) is 0 Å². The van der Waals surface area contributed by atoms with Crippen LogP contribution in [0.2, 0.25) is 0 Å². The second-order valence-electron chi connectivity index (χ2n) is 3.06. The molecule has 1 N–H and O–H groups in total. The molecule has 0 amide bonds. The molecule has 0 aliphatic carbocycles. The zero-order chi connectivity index (χ0) is 9.84. The molecule has 72 valence electrons. The van der Waals surface area contributed by atoms with Gasteiger partial charge in [0, 0.05) is 26.2 Å². The van der Waals surface area contributed by atoms with Gasteiger partial charge in [-0.05, 0) is 13.1 Å². The first-order chi connectivity index (χ1) is 6.15. The molecule has 0 bridgehead atoms. The van der Waals surface area contributed by atoms with Gasteiger partial charge in [-0.3, -0.25) is 0 Å². The van der Waals surface area contributed by atoms with Crippen molar-refractivity contribution in [2.75, 3.05) is 26.0 Å². The van der Waals surface area contributed by atoms with Crippen molar-refractivity contribution in [1.29, 1.82) is 0 Å². The number of aromatic nitrogens is 1. The Hall–Kier alpha value is -1.16. The first kappa shape index (κ1) is 9.92. The summed E-state index contributed by atoms with van der Waals surface area (Å²) in [5, 5.41) is 2.97. The van der Waals surface area contributed by atoms with E-state index in [0.29, 0.717) is 6.54 Å². The van der Waals surface area contributed by atoms with Crippen molar-refractivity contribution in [3.63, 3.8) is 0 Å². The topological polar surface area (TPSA) is 28.2 Å². The van der Waals surface area contributed by atoms with Crippen molar-refractivity contribution in [3.8, 4) is 0 Å². The smallest absolute Gasteiger partial charge is 0.141 e. The van der Waals surface area contributed by atoms with Gasteiger partial charge in [-0.15, -0.1) is 0 Å². The Morgan fingerprint density at radius 3 is 2.77 bits per heavy atom. The van der Waals surface area contributed by atoms with Crippen LogP contribution in [0.4, 0.5) is 10.2 Å². The molecule has 13 heavy (non-hydrogen) atoms. The molecule has 0 fully saturated rings. The molecule has 1 aromatic heterocycles. The Morgan fingerprint density at radius 1 is 1.54 bits per heavy atom. The molecule has 0 aromatic carbocycles. The zero-order valence-electron chi connectivity index (χ0n) is 8.13. The van der Waals surface area contributed by atoms with E-state index in [9.17, 15) is 4.39 Å². The molecule has 0 spiro atoms. The lowest BCUT2D eigenvalue weighted by Gasteiger charge is -2.15. The average molecular weight is 183 g/mol. The van der Waals surface area contributed by atoms with Gasteiger partial charge >= 0.3 is 0 Å². The summed E-state index contributed by atoms with van der Waals surface area (Å²) in [6, 6.07) is 1.50. The number of hydrogen-bond donors (Lipinski definition) is 1. The van der Waals surface area contributed by atoms with Crippen LogP contribution in [0, 0.1) is 5.82 Å². The lowest BCUT2D eigenvalue weighted by Crippen LogP contribution is -2.16. The fourth-order valence-electron chi connectivity index (χ4n) is 1.20. The summed E-state index contributed by atoms with van der Waals surface area (Å²) in [7, 11) is 5.60. The number of hydrogen-bond acceptors (Lipinski definition) is 3. The summed E-state index contributed by atoms with van der Waals surface area (Å²) in [5.41, 5.74) is 0.868. The molecule has 0 aliphatic rings. The van der Waals surface area contributed by atoms with Crippen LogP contribution in [0.1, 0.15) is 5.56 Å². The SMILES string of the molecule is CNCc1cc(F)cnc1N(C)C. The van der Waals surface area contributed by atoms with Gasteiger partial charge in [0.25, 0.3) is 0 Å². The Bertz CT molecular complexity index is 286. The third-order valence-corrected chi connectivity index (χ3v) is 1.70. The molecular formula is C9H14FN3. The van der Waals surface area contributed by atoms with Crippen molar-refractivity contribution < 1.29 is 4.39 Å². The highest BCUT2D eigenvalue weighted by Crippen LogP contribution is 2.15. The zero-order valence-corrected chi connectivity index (χ0v) is 8.13. The van der Waals surface area contributed by atoms with Crippen LogP contribution in [0.25, 0.3) is 0 Å². The number of anilines is 1. The summed E-state index contributed by atoms with van der Waals surface area (Å²) < 4.78 is 12.8. The quantitative estimate of drug-likeness (QED) is 0.758. The number of pyridine rings is 1. The first-order valence-corrected chi connectivity index (χ1v) is 4.11. The molecule has 0 atom stereocenters. The summed E-state index contributed by atoms with van der Waals surface area (Å²) in [4.78, 5) is 5.87. The molecule has 4 heteroatoms. The van der Waals surface area contributed by atoms with Crippen molar-refractivity contribution >= 4 is 5.82 Å². The molecule has 0 saturated heterocycles. The fraction of sp³-hybridized carbons (Fsp3) is 0.444. The molecular weight excluding hydrogens is 169 g/mol. The normalized spacial score (nSPS) is 10.2. The molecule has 1 aromatic rings. The van der Waals surface area contributed by atoms with Crippen LogP contribution >= 0.6 is 0 Å². The molecule has 0 unspecified atom stereocenters. The van der Waals surface area contributed by atoms with E-state index < -0.39 is 0 Å². The average Bonchev–Trinajstić information content (AvgIpc) is 2.04. The summed E-state index contributed by atoms with van der Waals surface area (Å²) in [6.07, 6.45) is 1.23. The Labute approximate surface area is 77.6 Å². The molecule has 0 saturated carbocycles. The van der Waals surface area contributed by atoms with E-state index in [1.165, 1.54) is 12.3 Å².